The van der Waals surface area contributed by atoms with Crippen LogP contribution in [0.15, 0.2) is 11.6 Å². The van der Waals surface area contributed by atoms with E-state index >= 15 is 0 Å². The first-order chi connectivity index (χ1) is 14.2. The summed E-state index contributed by atoms with van der Waals surface area (Å²) in [6.45, 7) is 14.4. The number of carbonyl (C=O) groups excluding carboxylic acids is 1. The number of hydrogen-bond acceptors (Lipinski definition) is 1. The average Bonchev–Trinajstić information content (AvgIpc) is 3.04. The molecule has 4 aliphatic carbocycles. The van der Waals surface area contributed by atoms with Crippen molar-refractivity contribution in [2.45, 2.75) is 112 Å². The van der Waals surface area contributed by atoms with Gasteiger partial charge in [-0.1, -0.05) is 65.5 Å². The van der Waals surface area contributed by atoms with Gasteiger partial charge in [0.1, 0.15) is 5.78 Å². The first-order valence-corrected chi connectivity index (χ1v) is 13.4. The van der Waals surface area contributed by atoms with Crippen LogP contribution in [0.3, 0.4) is 0 Å². The largest absolute Gasteiger partial charge is 0.299 e. The van der Waals surface area contributed by atoms with E-state index in [4.69, 9.17) is 0 Å². The minimum Gasteiger partial charge on any atom is -0.299 e. The Bertz CT molecular complexity index is 674. The zero-order chi connectivity index (χ0) is 21.7. The van der Waals surface area contributed by atoms with Gasteiger partial charge in [0.15, 0.2) is 0 Å². The standard InChI is InChI=1S/C29H48O/c1-19(2)8-7-9-20(3)25-12-13-26-24-11-10-23-18-22(21(4)30)14-16-28(23,5)27(24)15-17-29(25,26)6/h18-20,22,24-27H,7-17H2,1-6H3/t20-,22+,24+,25-,26+,27+,28+,29-/m1/s1. The van der Waals surface area contributed by atoms with Gasteiger partial charge in [0.05, 0.1) is 0 Å². The minimum atomic E-state index is 0.209. The number of Topliss-reactive ketones (excluding diaryl/α,β-unsaturated/α-hetero) is 1. The molecule has 0 aliphatic heterocycles. The normalized spacial score (nSPS) is 44.1. The summed E-state index contributed by atoms with van der Waals surface area (Å²) < 4.78 is 0. The van der Waals surface area contributed by atoms with Crippen molar-refractivity contribution >= 4 is 5.78 Å². The second kappa shape index (κ2) is 8.40. The molecule has 8 atom stereocenters. The van der Waals surface area contributed by atoms with Crippen molar-refractivity contribution in [3.05, 3.63) is 11.6 Å². The Hall–Kier alpha value is -0.590. The molecule has 0 bridgehead atoms. The van der Waals surface area contributed by atoms with E-state index in [-0.39, 0.29) is 5.92 Å². The van der Waals surface area contributed by atoms with Gasteiger partial charge in [0.2, 0.25) is 0 Å². The number of rotatable bonds is 6. The molecule has 0 saturated heterocycles. The number of allylic oxidation sites excluding steroid dienone is 2. The molecule has 4 rings (SSSR count). The number of fused-ring (bicyclic) bond motifs is 5. The molecule has 0 aromatic rings. The van der Waals surface area contributed by atoms with Crippen LogP contribution in [0.25, 0.3) is 0 Å². The topological polar surface area (TPSA) is 17.1 Å². The van der Waals surface area contributed by atoms with Crippen molar-refractivity contribution in [1.82, 2.24) is 0 Å². The quantitative estimate of drug-likeness (QED) is 0.401. The second-order valence-electron chi connectivity index (χ2n) is 12.8. The lowest BCUT2D eigenvalue weighted by Gasteiger charge is -2.59. The van der Waals surface area contributed by atoms with Crippen LogP contribution in [0.5, 0.6) is 0 Å². The third-order valence-electron chi connectivity index (χ3n) is 10.8. The van der Waals surface area contributed by atoms with E-state index < -0.39 is 0 Å². The number of ketones is 1. The predicted octanol–water partition coefficient (Wildman–Crippen LogP) is 8.23. The smallest absolute Gasteiger partial charge is 0.136 e. The fraction of sp³-hybridized carbons (Fsp3) is 0.897. The van der Waals surface area contributed by atoms with Gasteiger partial charge < -0.3 is 0 Å². The van der Waals surface area contributed by atoms with E-state index in [9.17, 15) is 4.79 Å². The zero-order valence-corrected chi connectivity index (χ0v) is 20.8. The summed E-state index contributed by atoms with van der Waals surface area (Å²) in [6.07, 6.45) is 17.6. The van der Waals surface area contributed by atoms with Crippen LogP contribution in [0.1, 0.15) is 112 Å². The molecule has 0 aromatic carbocycles. The van der Waals surface area contributed by atoms with Crippen molar-refractivity contribution in [3.8, 4) is 0 Å². The fourth-order valence-electron chi connectivity index (χ4n) is 9.07. The maximum atomic E-state index is 12.0. The lowest BCUT2D eigenvalue weighted by Crippen LogP contribution is -2.51. The van der Waals surface area contributed by atoms with Gasteiger partial charge in [0, 0.05) is 5.92 Å². The van der Waals surface area contributed by atoms with Gasteiger partial charge in [-0.05, 0) is 105 Å². The van der Waals surface area contributed by atoms with Crippen molar-refractivity contribution in [1.29, 1.82) is 0 Å². The summed E-state index contributed by atoms with van der Waals surface area (Å²) in [5.41, 5.74) is 2.64. The predicted molar refractivity (Wildman–Crippen MR) is 127 cm³/mol. The molecule has 30 heavy (non-hydrogen) atoms. The van der Waals surface area contributed by atoms with Crippen molar-refractivity contribution in [3.63, 3.8) is 0 Å². The van der Waals surface area contributed by atoms with Gasteiger partial charge in [-0.15, -0.1) is 0 Å². The first kappa shape index (κ1) is 22.6. The molecule has 3 saturated carbocycles. The van der Waals surface area contributed by atoms with Crippen LogP contribution in [0, 0.1) is 52.3 Å². The zero-order valence-electron chi connectivity index (χ0n) is 20.8. The highest BCUT2D eigenvalue weighted by Crippen LogP contribution is 2.68. The molecule has 0 amide bonds. The molecule has 4 aliphatic rings. The first-order valence-electron chi connectivity index (χ1n) is 13.4. The summed E-state index contributed by atoms with van der Waals surface area (Å²) in [4.78, 5) is 12.0. The van der Waals surface area contributed by atoms with Gasteiger partial charge >= 0.3 is 0 Å². The highest BCUT2D eigenvalue weighted by Gasteiger charge is 2.59. The van der Waals surface area contributed by atoms with Crippen LogP contribution in [0.4, 0.5) is 0 Å². The summed E-state index contributed by atoms with van der Waals surface area (Å²) in [5, 5.41) is 0. The summed E-state index contributed by atoms with van der Waals surface area (Å²) in [6, 6.07) is 0. The number of hydrogen-bond donors (Lipinski definition) is 0. The van der Waals surface area contributed by atoms with E-state index in [0.717, 1.165) is 41.9 Å². The van der Waals surface area contributed by atoms with Crippen molar-refractivity contribution in [2.75, 3.05) is 0 Å². The molecular weight excluding hydrogens is 364 g/mol. The fourth-order valence-corrected chi connectivity index (χ4v) is 9.07. The third kappa shape index (κ3) is 3.75. The molecule has 0 N–H and O–H groups in total. The van der Waals surface area contributed by atoms with Crippen molar-refractivity contribution in [2.24, 2.45) is 52.3 Å². The Labute approximate surface area is 186 Å². The molecule has 170 valence electrons. The molecular formula is C29H48O. The van der Waals surface area contributed by atoms with Crippen LogP contribution >= 0.6 is 0 Å². The molecule has 0 unspecified atom stereocenters. The summed E-state index contributed by atoms with van der Waals surface area (Å²) in [7, 11) is 0. The molecule has 0 radical (unpaired) electrons. The van der Waals surface area contributed by atoms with Gasteiger partial charge in [-0.3, -0.25) is 4.79 Å². The van der Waals surface area contributed by atoms with Gasteiger partial charge in [-0.25, -0.2) is 0 Å². The Morgan fingerprint density at radius 2 is 1.77 bits per heavy atom. The molecule has 0 heterocycles. The lowest BCUT2D eigenvalue weighted by molar-refractivity contribution is -0.120. The average molecular weight is 413 g/mol. The SMILES string of the molecule is CC(=O)[C@@H]1C=C2CC[C@H]3[C@@H]4CC[C@H]([C@H](C)CCCC(C)C)[C@@]4(C)CC[C@@H]3[C@@]2(C)CC1. The van der Waals surface area contributed by atoms with E-state index in [1.54, 1.807) is 12.5 Å². The van der Waals surface area contributed by atoms with E-state index in [1.807, 2.05) is 0 Å². The van der Waals surface area contributed by atoms with Crippen LogP contribution in [0.2, 0.25) is 0 Å². The maximum absolute atomic E-state index is 12.0. The summed E-state index contributed by atoms with van der Waals surface area (Å²) in [5.74, 6) is 6.06. The highest BCUT2D eigenvalue weighted by molar-refractivity contribution is 5.80. The van der Waals surface area contributed by atoms with Gasteiger partial charge in [-0.2, -0.15) is 0 Å². The molecule has 0 spiro atoms. The van der Waals surface area contributed by atoms with Crippen LogP contribution in [-0.4, -0.2) is 5.78 Å². The lowest BCUT2D eigenvalue weighted by atomic mass is 9.46. The Kier molecular flexibility index (Phi) is 6.33. The Morgan fingerprint density at radius 1 is 1.00 bits per heavy atom. The Balaban J connectivity index is 1.49. The molecule has 3 fully saturated rings. The van der Waals surface area contributed by atoms with Crippen LogP contribution < -0.4 is 0 Å². The Morgan fingerprint density at radius 3 is 2.47 bits per heavy atom. The van der Waals surface area contributed by atoms with E-state index in [0.29, 0.717) is 16.6 Å². The van der Waals surface area contributed by atoms with Crippen molar-refractivity contribution < 1.29 is 4.79 Å². The second-order valence-corrected chi connectivity index (χ2v) is 12.8. The molecule has 0 aromatic heterocycles. The third-order valence-corrected chi connectivity index (χ3v) is 10.8. The molecule has 1 heteroatoms. The summed E-state index contributed by atoms with van der Waals surface area (Å²) >= 11 is 0. The van der Waals surface area contributed by atoms with E-state index in [1.165, 1.54) is 64.2 Å². The highest BCUT2D eigenvalue weighted by atomic mass is 16.1. The van der Waals surface area contributed by atoms with Gasteiger partial charge in [0.25, 0.3) is 0 Å². The minimum absolute atomic E-state index is 0.209. The number of carbonyl (C=O) groups is 1. The molecule has 1 nitrogen and oxygen atoms in total. The monoisotopic (exact) mass is 412 g/mol. The van der Waals surface area contributed by atoms with Crippen LogP contribution in [-0.2, 0) is 4.79 Å². The maximum Gasteiger partial charge on any atom is 0.136 e. The van der Waals surface area contributed by atoms with E-state index in [2.05, 4.69) is 40.7 Å².